The van der Waals surface area contributed by atoms with Crippen LogP contribution in [0.5, 0.6) is 0 Å². The van der Waals surface area contributed by atoms with Crippen LogP contribution in [0, 0.1) is 22.7 Å². The fourth-order valence-electron chi connectivity index (χ4n) is 9.31. The maximum atomic E-state index is 10.7. The number of rotatable bonds is 4. The molecule has 2 aromatic heterocycles. The zero-order valence-electron chi connectivity index (χ0n) is 31.7. The molecule has 4 nitrogen and oxygen atoms in total. The summed E-state index contributed by atoms with van der Waals surface area (Å²) < 4.78 is 2.22. The van der Waals surface area contributed by atoms with Crippen molar-refractivity contribution in [1.82, 2.24) is 9.97 Å². The lowest BCUT2D eigenvalue weighted by atomic mass is 9.67. The largest absolute Gasteiger partial charge is 0.236 e. The smallest absolute Gasteiger partial charge is 0.124 e. The fourth-order valence-corrected chi connectivity index (χ4v) is 12.4. The maximum Gasteiger partial charge on any atom is 0.124 e. The first-order chi connectivity index (χ1) is 29.6. The summed E-state index contributed by atoms with van der Waals surface area (Å²) >= 11 is 5.12. The molecule has 0 radical (unpaired) electrons. The first-order valence-electron chi connectivity index (χ1n) is 19.6. The molecule has 0 N–H and O–H groups in total. The minimum absolute atomic E-state index is 0.434. The van der Waals surface area contributed by atoms with Gasteiger partial charge in [0.2, 0.25) is 0 Å². The number of hydrogen-bond donors (Lipinski definition) is 0. The second kappa shape index (κ2) is 13.5. The SMILES string of the molecule is N#Cc1cc(C#N)c(-c2ccc3c(c2)C2(c4ccccc4Sc4ccccc42)c2ccccc2-3)cc1-c1cc(-c2nc3ccccc3s2)cc(-c2nc3ccccc3s2)c1. The van der Waals surface area contributed by atoms with E-state index in [1.165, 1.54) is 43.2 Å². The van der Waals surface area contributed by atoms with Crippen molar-refractivity contribution < 1.29 is 0 Å². The number of para-hydroxylation sites is 2. The summed E-state index contributed by atoms with van der Waals surface area (Å²) in [7, 11) is 0. The highest BCUT2D eigenvalue weighted by Crippen LogP contribution is 2.62. The van der Waals surface area contributed by atoms with Gasteiger partial charge in [-0.15, -0.1) is 22.7 Å². The molecule has 1 aliphatic heterocycles. The molecule has 1 spiro atoms. The standard InChI is InChI=1S/C53H28N4S3/c54-29-35-26-36(30-55)40(32-23-33(51-56-45-15-5-9-19-49(45)59-51)25-34(24-32)52-57-46-16-6-10-20-50(46)60-52)28-39(35)31-21-22-38-37-11-1-2-12-41(37)53(44(38)27-31)42-13-3-7-17-47(42)58-48-18-8-4-14-43(48)53/h1-28H. The van der Waals surface area contributed by atoms with Gasteiger partial charge in [-0.25, -0.2) is 9.97 Å². The first-order valence-corrected chi connectivity index (χ1v) is 22.0. The van der Waals surface area contributed by atoms with Gasteiger partial charge in [0.1, 0.15) is 10.0 Å². The van der Waals surface area contributed by atoms with Gasteiger partial charge >= 0.3 is 0 Å². The summed E-state index contributed by atoms with van der Waals surface area (Å²) in [5.74, 6) is 0. The Morgan fingerprint density at radius 1 is 0.400 bits per heavy atom. The maximum absolute atomic E-state index is 10.7. The number of aromatic nitrogens is 2. The average Bonchev–Trinajstić information content (AvgIpc) is 4.02. The molecule has 12 rings (SSSR count). The van der Waals surface area contributed by atoms with Gasteiger partial charge < -0.3 is 0 Å². The van der Waals surface area contributed by atoms with Gasteiger partial charge in [-0.3, -0.25) is 0 Å². The van der Waals surface area contributed by atoms with Crippen LogP contribution in [-0.4, -0.2) is 9.97 Å². The molecule has 0 atom stereocenters. The average molecular weight is 817 g/mol. The monoisotopic (exact) mass is 816 g/mol. The van der Waals surface area contributed by atoms with Crippen LogP contribution in [0.4, 0.5) is 0 Å². The second-order valence-electron chi connectivity index (χ2n) is 15.1. The Kier molecular flexibility index (Phi) is 7.82. The molecular formula is C53H28N4S3. The molecule has 10 aromatic rings. The molecule has 60 heavy (non-hydrogen) atoms. The molecule has 7 heteroatoms. The molecule has 0 saturated carbocycles. The number of thiazole rings is 2. The topological polar surface area (TPSA) is 73.4 Å². The third-order valence-corrected chi connectivity index (χ3v) is 15.2. The Morgan fingerprint density at radius 3 is 1.50 bits per heavy atom. The number of fused-ring (bicyclic) bond motifs is 11. The predicted molar refractivity (Wildman–Crippen MR) is 245 cm³/mol. The van der Waals surface area contributed by atoms with Crippen molar-refractivity contribution in [3.8, 4) is 66.7 Å². The van der Waals surface area contributed by atoms with Crippen molar-refractivity contribution >= 4 is 54.9 Å². The van der Waals surface area contributed by atoms with Crippen LogP contribution in [0.2, 0.25) is 0 Å². The van der Waals surface area contributed by atoms with Gasteiger partial charge in [-0.05, 0) is 117 Å². The van der Waals surface area contributed by atoms with Crippen LogP contribution in [0.3, 0.4) is 0 Å². The van der Waals surface area contributed by atoms with Crippen LogP contribution in [0.1, 0.15) is 33.4 Å². The van der Waals surface area contributed by atoms with Gasteiger partial charge in [-0.2, -0.15) is 10.5 Å². The van der Waals surface area contributed by atoms with Gasteiger partial charge in [-0.1, -0.05) is 109 Å². The third-order valence-electron chi connectivity index (χ3n) is 11.9. The Bertz CT molecular complexity index is 3320. The van der Waals surface area contributed by atoms with Crippen LogP contribution < -0.4 is 0 Å². The summed E-state index contributed by atoms with van der Waals surface area (Å²) in [6, 6.07) is 64.5. The lowest BCUT2D eigenvalue weighted by Gasteiger charge is -2.39. The van der Waals surface area contributed by atoms with Gasteiger partial charge in [0.25, 0.3) is 0 Å². The van der Waals surface area contributed by atoms with Crippen molar-refractivity contribution in [2.75, 3.05) is 0 Å². The highest BCUT2D eigenvalue weighted by atomic mass is 32.2. The summed E-state index contributed by atoms with van der Waals surface area (Å²) in [6.45, 7) is 0. The van der Waals surface area contributed by atoms with E-state index in [-0.39, 0.29) is 0 Å². The second-order valence-corrected chi connectivity index (χ2v) is 18.2. The number of nitriles is 2. The molecule has 8 aromatic carbocycles. The van der Waals surface area contributed by atoms with E-state index in [1.807, 2.05) is 54.2 Å². The lowest BCUT2D eigenvalue weighted by Crippen LogP contribution is -2.31. The van der Waals surface area contributed by atoms with Crippen molar-refractivity contribution in [3.05, 3.63) is 203 Å². The molecule has 2 aliphatic rings. The number of benzene rings is 8. The fraction of sp³-hybridized carbons (Fsp3) is 0.0189. The Morgan fingerprint density at radius 2 is 0.900 bits per heavy atom. The van der Waals surface area contributed by atoms with E-state index >= 15 is 0 Å². The highest BCUT2D eigenvalue weighted by Gasteiger charge is 2.50. The molecule has 1 aliphatic carbocycles. The molecule has 0 fully saturated rings. The van der Waals surface area contributed by atoms with E-state index < -0.39 is 5.41 Å². The van der Waals surface area contributed by atoms with Gasteiger partial charge in [0.05, 0.1) is 49.1 Å². The number of nitrogens with zero attached hydrogens (tertiary/aromatic N) is 4. The first kappa shape index (κ1) is 34.9. The normalized spacial score (nSPS) is 13.0. The predicted octanol–water partition coefficient (Wildman–Crippen LogP) is 14.1. The van der Waals surface area contributed by atoms with Crippen molar-refractivity contribution in [1.29, 1.82) is 10.5 Å². The van der Waals surface area contributed by atoms with E-state index in [0.29, 0.717) is 11.1 Å². The van der Waals surface area contributed by atoms with Crippen molar-refractivity contribution in [3.63, 3.8) is 0 Å². The van der Waals surface area contributed by atoms with E-state index in [0.717, 1.165) is 63.8 Å². The van der Waals surface area contributed by atoms with E-state index in [9.17, 15) is 10.5 Å². The molecule has 278 valence electrons. The van der Waals surface area contributed by atoms with Crippen LogP contribution in [0.25, 0.3) is 75.0 Å². The molecular weight excluding hydrogens is 789 g/mol. The highest BCUT2D eigenvalue weighted by molar-refractivity contribution is 7.99. The van der Waals surface area contributed by atoms with Crippen LogP contribution in [0.15, 0.2) is 180 Å². The van der Waals surface area contributed by atoms with Gasteiger partial charge in [0.15, 0.2) is 0 Å². The molecule has 3 heterocycles. The Balaban J connectivity index is 1.09. The summed E-state index contributed by atoms with van der Waals surface area (Å²) in [4.78, 5) is 12.6. The zero-order chi connectivity index (χ0) is 40.0. The summed E-state index contributed by atoms with van der Waals surface area (Å²) in [6.07, 6.45) is 0. The van der Waals surface area contributed by atoms with Crippen LogP contribution >= 0.6 is 34.4 Å². The zero-order valence-corrected chi connectivity index (χ0v) is 34.1. The molecule has 0 saturated heterocycles. The minimum atomic E-state index is -0.555. The van der Waals surface area contributed by atoms with Gasteiger partial charge in [0, 0.05) is 32.0 Å². The van der Waals surface area contributed by atoms with Crippen molar-refractivity contribution in [2.24, 2.45) is 0 Å². The van der Waals surface area contributed by atoms with Crippen molar-refractivity contribution in [2.45, 2.75) is 15.2 Å². The Hall–Kier alpha value is -7.13. The summed E-state index contributed by atoms with van der Waals surface area (Å²) in [5, 5.41) is 23.3. The van der Waals surface area contributed by atoms with E-state index in [1.54, 1.807) is 28.7 Å². The van der Waals surface area contributed by atoms with E-state index in [4.69, 9.17) is 9.97 Å². The van der Waals surface area contributed by atoms with Crippen LogP contribution in [-0.2, 0) is 5.41 Å². The molecule has 0 unspecified atom stereocenters. The van der Waals surface area contributed by atoms with E-state index in [2.05, 4.69) is 133 Å². The Labute approximate surface area is 358 Å². The number of hydrogen-bond acceptors (Lipinski definition) is 7. The third kappa shape index (κ3) is 5.14. The quantitative estimate of drug-likeness (QED) is 0.177. The molecule has 0 bridgehead atoms. The minimum Gasteiger partial charge on any atom is -0.236 e. The summed E-state index contributed by atoms with van der Waals surface area (Å²) in [5.41, 5.74) is 14.8. The lowest BCUT2D eigenvalue weighted by molar-refractivity contribution is 0.722. The molecule has 0 amide bonds.